The maximum atomic E-state index is 5.31. The molecule has 0 radical (unpaired) electrons. The van der Waals surface area contributed by atoms with E-state index in [0.717, 1.165) is 54.9 Å². The zero-order valence-corrected chi connectivity index (χ0v) is 26.4. The van der Waals surface area contributed by atoms with Gasteiger partial charge in [0.15, 0.2) is 6.17 Å². The molecule has 6 aliphatic rings. The lowest BCUT2D eigenvalue weighted by molar-refractivity contribution is 0.585. The maximum absolute atomic E-state index is 5.31. The van der Waals surface area contributed by atoms with Crippen LogP contribution in [0.5, 0.6) is 0 Å². The quantitative estimate of drug-likeness (QED) is 0.230. The number of aliphatic imine (C=N–C) groups is 2. The third-order valence-electron chi connectivity index (χ3n) is 10.8. The molecule has 228 valence electrons. The van der Waals surface area contributed by atoms with Crippen LogP contribution in [0.3, 0.4) is 0 Å². The highest BCUT2D eigenvalue weighted by molar-refractivity contribution is 6.20. The van der Waals surface area contributed by atoms with E-state index in [2.05, 4.69) is 132 Å². The average Bonchev–Trinajstić information content (AvgIpc) is 3.79. The van der Waals surface area contributed by atoms with E-state index in [1.807, 2.05) is 0 Å². The van der Waals surface area contributed by atoms with E-state index < -0.39 is 0 Å². The van der Waals surface area contributed by atoms with Crippen LogP contribution in [0.2, 0.25) is 0 Å². The summed E-state index contributed by atoms with van der Waals surface area (Å²) in [6.45, 7) is 1.17. The predicted octanol–water partition coefficient (Wildman–Crippen LogP) is 8.83. The van der Waals surface area contributed by atoms with Crippen molar-refractivity contribution in [3.63, 3.8) is 0 Å². The SMILES string of the molecule is C1=Cc2cc(C3CC(C4=NC(c5ccccc5)N=C(c5cccc6ccccc56)N4)=CC=C3C3=CC4CN34)c3c(c2CC1)CCC=C3. The van der Waals surface area contributed by atoms with Crippen molar-refractivity contribution in [1.29, 1.82) is 0 Å². The molecule has 3 atom stereocenters. The van der Waals surface area contributed by atoms with Crippen molar-refractivity contribution in [2.24, 2.45) is 9.98 Å². The second-order valence-corrected chi connectivity index (χ2v) is 13.5. The van der Waals surface area contributed by atoms with Crippen molar-refractivity contribution in [3.05, 3.63) is 165 Å². The lowest BCUT2D eigenvalue weighted by Gasteiger charge is -2.34. The van der Waals surface area contributed by atoms with Crippen molar-refractivity contribution >= 4 is 34.6 Å². The van der Waals surface area contributed by atoms with Gasteiger partial charge in [0.25, 0.3) is 0 Å². The second-order valence-electron chi connectivity index (χ2n) is 13.5. The van der Waals surface area contributed by atoms with Gasteiger partial charge >= 0.3 is 0 Å². The third kappa shape index (κ3) is 4.50. The summed E-state index contributed by atoms with van der Waals surface area (Å²) in [4.78, 5) is 13.1. The molecule has 4 aromatic carbocycles. The van der Waals surface area contributed by atoms with Gasteiger partial charge in [0.05, 0.1) is 6.04 Å². The molecule has 0 aromatic heterocycles. The van der Waals surface area contributed by atoms with E-state index in [-0.39, 0.29) is 12.1 Å². The second kappa shape index (κ2) is 10.7. The third-order valence-corrected chi connectivity index (χ3v) is 10.8. The van der Waals surface area contributed by atoms with Crippen molar-refractivity contribution in [3.8, 4) is 0 Å². The molecule has 3 heterocycles. The van der Waals surface area contributed by atoms with Gasteiger partial charge in [-0.05, 0) is 93.5 Å². The first-order valence-electron chi connectivity index (χ1n) is 17.2. The van der Waals surface area contributed by atoms with Crippen LogP contribution in [0.25, 0.3) is 22.9 Å². The lowest BCUT2D eigenvalue weighted by atomic mass is 9.73. The van der Waals surface area contributed by atoms with Gasteiger partial charge in [0.1, 0.15) is 11.7 Å². The molecular weight excluding hydrogens is 573 g/mol. The normalized spacial score (nSPS) is 23.6. The van der Waals surface area contributed by atoms with Gasteiger partial charge in [-0.25, -0.2) is 9.98 Å². The summed E-state index contributed by atoms with van der Waals surface area (Å²) in [7, 11) is 0. The van der Waals surface area contributed by atoms with Crippen LogP contribution in [0.1, 0.15) is 70.3 Å². The first-order valence-corrected chi connectivity index (χ1v) is 17.2. The molecule has 1 saturated heterocycles. The van der Waals surface area contributed by atoms with E-state index >= 15 is 0 Å². The smallest absolute Gasteiger partial charge is 0.169 e. The lowest BCUT2D eigenvalue weighted by Crippen LogP contribution is -2.37. The van der Waals surface area contributed by atoms with Crippen LogP contribution in [0.15, 0.2) is 136 Å². The van der Waals surface area contributed by atoms with Crippen molar-refractivity contribution in [2.75, 3.05) is 6.54 Å². The highest BCUT2D eigenvalue weighted by Crippen LogP contribution is 2.50. The molecule has 4 nitrogen and oxygen atoms in total. The number of nitrogens with one attached hydrogen (secondary N) is 1. The minimum absolute atomic E-state index is 0.250. The molecule has 0 bridgehead atoms. The van der Waals surface area contributed by atoms with Crippen LogP contribution < -0.4 is 5.32 Å². The fraction of sp³-hybridized carbons (Fsp3) is 0.209. The van der Waals surface area contributed by atoms with Crippen LogP contribution in [0.4, 0.5) is 0 Å². The number of hydrogen-bond acceptors (Lipinski definition) is 4. The van der Waals surface area contributed by atoms with Gasteiger partial charge in [-0.3, -0.25) is 0 Å². The molecule has 4 heteroatoms. The molecule has 47 heavy (non-hydrogen) atoms. The Labute approximate surface area is 276 Å². The number of nitrogens with zero attached hydrogens (tertiary/aromatic N) is 3. The Balaban J connectivity index is 1.10. The standard InChI is InChI=1S/C43H36N4/c1-2-12-28(13-3-1)41-44-42(46-43(45-41)37-20-10-15-27-11-4-6-16-32(27)37)30-21-22-36(40-25-31-26-47(31)40)39(24-30)38-23-29-14-5-7-17-33(29)34-18-8-9-19-35(34)38/h1-6,9-16,19-23,25,31,39,41H,7-8,17-18,24,26H2,(H,44,45,46). The zero-order valence-electron chi connectivity index (χ0n) is 26.4. The maximum Gasteiger partial charge on any atom is 0.169 e. The van der Waals surface area contributed by atoms with Gasteiger partial charge in [-0.1, -0.05) is 115 Å². The summed E-state index contributed by atoms with van der Waals surface area (Å²) >= 11 is 0. The van der Waals surface area contributed by atoms with Gasteiger partial charge in [0.2, 0.25) is 0 Å². The number of amidine groups is 2. The summed E-state index contributed by atoms with van der Waals surface area (Å²) in [5.41, 5.74) is 13.8. The van der Waals surface area contributed by atoms with Crippen LogP contribution in [-0.4, -0.2) is 29.2 Å². The van der Waals surface area contributed by atoms with Gasteiger partial charge < -0.3 is 10.2 Å². The van der Waals surface area contributed by atoms with E-state index in [4.69, 9.17) is 9.98 Å². The average molecular weight is 609 g/mol. The number of fused-ring (bicyclic) bond motifs is 5. The van der Waals surface area contributed by atoms with Gasteiger partial charge in [-0.2, -0.15) is 0 Å². The Kier molecular flexibility index (Phi) is 6.12. The molecule has 10 rings (SSSR count). The summed E-state index contributed by atoms with van der Waals surface area (Å²) < 4.78 is 0. The minimum Gasteiger partial charge on any atom is -0.361 e. The molecule has 3 unspecified atom stereocenters. The largest absolute Gasteiger partial charge is 0.361 e. The minimum atomic E-state index is -0.316. The first kappa shape index (κ1) is 26.9. The van der Waals surface area contributed by atoms with Crippen molar-refractivity contribution in [1.82, 2.24) is 10.2 Å². The predicted molar refractivity (Wildman–Crippen MR) is 193 cm³/mol. The fourth-order valence-electron chi connectivity index (χ4n) is 8.33. The van der Waals surface area contributed by atoms with E-state index in [1.165, 1.54) is 50.9 Å². The van der Waals surface area contributed by atoms with E-state index in [1.54, 1.807) is 11.1 Å². The zero-order chi connectivity index (χ0) is 30.9. The van der Waals surface area contributed by atoms with Crippen molar-refractivity contribution < 1.29 is 0 Å². The summed E-state index contributed by atoms with van der Waals surface area (Å²) in [5, 5.41) is 6.16. The topological polar surface area (TPSA) is 39.8 Å². The Bertz CT molecular complexity index is 2190. The molecular formula is C43H36N4. The number of hydrogen-bond donors (Lipinski definition) is 1. The molecule has 1 fully saturated rings. The number of rotatable bonds is 5. The summed E-state index contributed by atoms with van der Waals surface area (Å²) in [6, 6.07) is 28.7. The number of benzene rings is 4. The molecule has 0 saturated carbocycles. The van der Waals surface area contributed by atoms with E-state index in [0.29, 0.717) is 6.04 Å². The Hall–Kier alpha value is -5.22. The van der Waals surface area contributed by atoms with Crippen LogP contribution >= 0.6 is 0 Å². The summed E-state index contributed by atoms with van der Waals surface area (Å²) in [6.07, 6.45) is 21.9. The highest BCUT2D eigenvalue weighted by atomic mass is 15.4. The molecule has 3 aliphatic carbocycles. The molecule has 0 spiro atoms. The summed E-state index contributed by atoms with van der Waals surface area (Å²) in [5.74, 6) is 2.05. The Morgan fingerprint density at radius 3 is 2.45 bits per heavy atom. The highest BCUT2D eigenvalue weighted by Gasteiger charge is 2.46. The van der Waals surface area contributed by atoms with Gasteiger partial charge in [-0.15, -0.1) is 0 Å². The van der Waals surface area contributed by atoms with Crippen LogP contribution in [-0.2, 0) is 12.8 Å². The molecule has 4 aromatic rings. The Morgan fingerprint density at radius 1 is 0.766 bits per heavy atom. The monoisotopic (exact) mass is 608 g/mol. The number of allylic oxidation sites excluding steroid dienone is 5. The fourth-order valence-corrected chi connectivity index (χ4v) is 8.33. The first-order chi connectivity index (χ1) is 23.3. The van der Waals surface area contributed by atoms with Crippen LogP contribution in [0, 0.1) is 0 Å². The van der Waals surface area contributed by atoms with E-state index in [9.17, 15) is 0 Å². The molecule has 1 N–H and O–H groups in total. The van der Waals surface area contributed by atoms with Gasteiger partial charge in [0, 0.05) is 23.7 Å². The molecule has 0 amide bonds. The Morgan fingerprint density at radius 2 is 1.57 bits per heavy atom. The molecule has 3 aliphatic heterocycles. The van der Waals surface area contributed by atoms with Crippen molar-refractivity contribution in [2.45, 2.75) is 50.2 Å².